The Morgan fingerprint density at radius 1 is 0.548 bits per heavy atom. The molecule has 3 N–H and O–H groups in total. The van der Waals surface area contributed by atoms with Gasteiger partial charge in [0.2, 0.25) is 0 Å². The van der Waals surface area contributed by atoms with E-state index in [0.717, 1.165) is 0 Å². The van der Waals surface area contributed by atoms with E-state index in [1.165, 1.54) is 0 Å². The smallest absolute Gasteiger partial charge is 0.460 e. The van der Waals surface area contributed by atoms with E-state index < -0.39 is 70.5 Å². The van der Waals surface area contributed by atoms with Gasteiger partial charge in [0.1, 0.15) is 22.5 Å². The molecule has 0 aliphatic rings. The maximum absolute atomic E-state index is 13.8. The molecule has 5 nitrogen and oxygen atoms in total. The Hall–Kier alpha value is -2.76. The first-order valence-electron chi connectivity index (χ1n) is 6.75. The van der Waals surface area contributed by atoms with Crippen molar-refractivity contribution >= 4 is 11.9 Å². The van der Waals surface area contributed by atoms with Gasteiger partial charge < -0.3 is 15.2 Å². The third kappa shape index (κ3) is 3.62. The molecule has 0 amide bonds. The summed E-state index contributed by atoms with van der Waals surface area (Å²) in [7, 11) is 0. The zero-order chi connectivity index (χ0) is 25.2. The average Bonchev–Trinajstić information content (AvgIpc) is 2.94. The molecule has 0 radical (unpaired) electrons. The number of hydrogen-bond acceptors (Lipinski definition) is 2. The van der Waals surface area contributed by atoms with E-state index in [0.29, 0.717) is 0 Å². The molecule has 0 aliphatic heterocycles. The van der Waals surface area contributed by atoms with Gasteiger partial charge in [-0.3, -0.25) is 0 Å². The van der Waals surface area contributed by atoms with Gasteiger partial charge in [-0.1, -0.05) is 0 Å². The quantitative estimate of drug-likeness (QED) is 0.490. The normalized spacial score (nSPS) is 14.6. The fraction of sp³-hybridized carbons (Fsp3) is 0.500. The van der Waals surface area contributed by atoms with Crippen molar-refractivity contribution in [2.24, 2.45) is 0 Å². The lowest BCUT2D eigenvalue weighted by molar-refractivity contribution is -0.362. The van der Waals surface area contributed by atoms with E-state index in [9.17, 15) is 71.1 Å². The molecule has 0 aromatic carbocycles. The van der Waals surface area contributed by atoms with Gasteiger partial charge in [0, 0.05) is 0 Å². The molecular formula is C12H3F14NO4. The molecular weight excluding hydrogens is 488 g/mol. The Morgan fingerprint density at radius 2 is 0.774 bits per heavy atom. The van der Waals surface area contributed by atoms with Crippen LogP contribution in [-0.4, -0.2) is 51.3 Å². The van der Waals surface area contributed by atoms with E-state index in [2.05, 4.69) is 0 Å². The fourth-order valence-electron chi connectivity index (χ4n) is 2.07. The van der Waals surface area contributed by atoms with Crippen LogP contribution in [0.25, 0.3) is 0 Å². The van der Waals surface area contributed by atoms with Crippen LogP contribution in [0.3, 0.4) is 0 Å². The number of carboxylic acid groups (broad SMARTS) is 2. The lowest BCUT2D eigenvalue weighted by atomic mass is 9.98. The van der Waals surface area contributed by atoms with Gasteiger partial charge >= 0.3 is 48.0 Å². The number of H-pyrrole nitrogens is 1. The summed E-state index contributed by atoms with van der Waals surface area (Å²) in [5, 5.41) is 17.3. The Balaban J connectivity index is 4.15. The molecule has 0 bridgehead atoms. The average molecular weight is 491 g/mol. The minimum absolute atomic E-state index is 0.0716. The van der Waals surface area contributed by atoms with Gasteiger partial charge in [0.15, 0.2) is 0 Å². The highest BCUT2D eigenvalue weighted by Gasteiger charge is 2.77. The monoisotopic (exact) mass is 491 g/mol. The highest BCUT2D eigenvalue weighted by molar-refractivity contribution is 6.04. The van der Waals surface area contributed by atoms with Crippen LogP contribution >= 0.6 is 0 Å². The van der Waals surface area contributed by atoms with Gasteiger partial charge in [0.05, 0.1) is 0 Å². The first-order chi connectivity index (χ1) is 13.4. The van der Waals surface area contributed by atoms with Gasteiger partial charge in [-0.15, -0.1) is 0 Å². The fourth-order valence-corrected chi connectivity index (χ4v) is 2.07. The Kier molecular flexibility index (Phi) is 5.83. The molecule has 1 aromatic heterocycles. The number of carboxylic acids is 2. The summed E-state index contributed by atoms with van der Waals surface area (Å²) >= 11 is 0. The van der Waals surface area contributed by atoms with E-state index in [1.807, 2.05) is 0 Å². The van der Waals surface area contributed by atoms with Crippen LogP contribution in [-0.2, 0) is 11.8 Å². The van der Waals surface area contributed by atoms with Gasteiger partial charge in [0.25, 0.3) is 0 Å². The molecule has 0 unspecified atom stereocenters. The summed E-state index contributed by atoms with van der Waals surface area (Å²) < 4.78 is 181. The van der Waals surface area contributed by atoms with E-state index in [-0.39, 0.29) is 4.98 Å². The van der Waals surface area contributed by atoms with Crippen molar-refractivity contribution in [3.63, 3.8) is 0 Å². The molecule has 0 spiro atoms. The summed E-state index contributed by atoms with van der Waals surface area (Å²) in [6.07, 6.45) is -14.5. The second-order valence-electron chi connectivity index (χ2n) is 5.53. The highest BCUT2D eigenvalue weighted by Crippen LogP contribution is 2.56. The molecule has 0 saturated heterocycles. The van der Waals surface area contributed by atoms with Crippen LogP contribution in [0.5, 0.6) is 0 Å². The molecule has 19 heteroatoms. The second-order valence-corrected chi connectivity index (χ2v) is 5.53. The molecule has 1 aromatic rings. The largest absolute Gasteiger partial charge is 0.478 e. The molecule has 0 fully saturated rings. The predicted molar refractivity (Wildman–Crippen MR) is 64.5 cm³/mol. The topological polar surface area (TPSA) is 90.4 Å². The van der Waals surface area contributed by atoms with Crippen LogP contribution in [0.1, 0.15) is 32.1 Å². The third-order valence-corrected chi connectivity index (χ3v) is 3.56. The van der Waals surface area contributed by atoms with Crippen LogP contribution < -0.4 is 0 Å². The van der Waals surface area contributed by atoms with Crippen LogP contribution in [0, 0.1) is 0 Å². The van der Waals surface area contributed by atoms with Crippen molar-refractivity contribution in [2.75, 3.05) is 0 Å². The van der Waals surface area contributed by atoms with Crippen LogP contribution in [0.15, 0.2) is 0 Å². The summed E-state index contributed by atoms with van der Waals surface area (Å²) in [6.45, 7) is 0. The standard InChI is InChI=1S/C12H3F14NO4/c13-7(14,9(17,18)11(21,22)23)3-1(5(28)29)2(6(30)31)4(27-3)8(15,16)10(19,20)12(24,25)26/h27H,(H,28,29)(H,30,31). The minimum atomic E-state index is -7.33. The van der Waals surface area contributed by atoms with Crippen molar-refractivity contribution in [1.29, 1.82) is 0 Å². The molecule has 0 saturated carbocycles. The highest BCUT2D eigenvalue weighted by atomic mass is 19.4. The maximum atomic E-state index is 13.8. The number of aromatic nitrogens is 1. The van der Waals surface area contributed by atoms with E-state index in [1.54, 1.807) is 0 Å². The first-order valence-corrected chi connectivity index (χ1v) is 6.75. The summed E-state index contributed by atoms with van der Waals surface area (Å²) in [4.78, 5) is 21.8. The summed E-state index contributed by atoms with van der Waals surface area (Å²) in [5.41, 5.74) is -13.1. The van der Waals surface area contributed by atoms with Crippen LogP contribution in [0.2, 0.25) is 0 Å². The van der Waals surface area contributed by atoms with Crippen molar-refractivity contribution in [3.8, 4) is 0 Å². The van der Waals surface area contributed by atoms with Crippen molar-refractivity contribution in [2.45, 2.75) is 36.0 Å². The number of nitrogens with one attached hydrogen (secondary N) is 1. The SMILES string of the molecule is O=C(O)c1c(C(F)(F)C(F)(F)C(F)(F)F)[nH]c(C(F)(F)C(F)(F)C(F)(F)F)c1C(=O)O. The molecule has 31 heavy (non-hydrogen) atoms. The predicted octanol–water partition coefficient (Wildman–Crippen LogP) is 4.99. The zero-order valence-corrected chi connectivity index (χ0v) is 13.5. The Morgan fingerprint density at radius 3 is 0.935 bits per heavy atom. The molecule has 1 rings (SSSR count). The minimum Gasteiger partial charge on any atom is -0.478 e. The maximum Gasteiger partial charge on any atom is 0.460 e. The van der Waals surface area contributed by atoms with Crippen molar-refractivity contribution in [1.82, 2.24) is 4.98 Å². The summed E-state index contributed by atoms with van der Waals surface area (Å²) in [5.74, 6) is -35.1. The third-order valence-electron chi connectivity index (χ3n) is 3.56. The second kappa shape index (κ2) is 6.87. The van der Waals surface area contributed by atoms with E-state index >= 15 is 0 Å². The Bertz CT molecular complexity index is 824. The number of halogens is 14. The number of carbonyl (C=O) groups is 2. The zero-order valence-electron chi connectivity index (χ0n) is 13.5. The lowest BCUT2D eigenvalue weighted by Crippen LogP contribution is -2.51. The van der Waals surface area contributed by atoms with E-state index in [4.69, 9.17) is 10.2 Å². The number of aromatic amines is 1. The molecule has 178 valence electrons. The van der Waals surface area contributed by atoms with Gasteiger partial charge in [-0.25, -0.2) is 9.59 Å². The Labute approximate surface area is 158 Å². The van der Waals surface area contributed by atoms with Crippen LogP contribution in [0.4, 0.5) is 61.5 Å². The number of alkyl halides is 14. The van der Waals surface area contributed by atoms with Crippen molar-refractivity contribution < 1.29 is 81.3 Å². The van der Waals surface area contributed by atoms with Crippen molar-refractivity contribution in [3.05, 3.63) is 22.5 Å². The molecule has 1 heterocycles. The number of rotatable bonds is 6. The lowest BCUT2D eigenvalue weighted by Gasteiger charge is -2.29. The van der Waals surface area contributed by atoms with Gasteiger partial charge in [-0.05, 0) is 0 Å². The number of hydrogen-bond donors (Lipinski definition) is 3. The first kappa shape index (κ1) is 26.3. The number of aromatic carboxylic acids is 2. The van der Waals surface area contributed by atoms with Gasteiger partial charge in [-0.2, -0.15) is 61.5 Å². The molecule has 0 aliphatic carbocycles. The molecule has 0 atom stereocenters. The summed E-state index contributed by atoms with van der Waals surface area (Å²) in [6, 6.07) is 0.